The maximum atomic E-state index is 12.0. The van der Waals surface area contributed by atoms with Gasteiger partial charge in [0.2, 0.25) is 0 Å². The Labute approximate surface area is 94.7 Å². The normalized spacial score (nSPS) is 11.5. The average Bonchev–Trinajstić information content (AvgIpc) is 2.50. The molecule has 0 bridgehead atoms. The highest BCUT2D eigenvalue weighted by atomic mass is 16.1. The lowest BCUT2D eigenvalue weighted by molar-refractivity contribution is 0.383. The van der Waals surface area contributed by atoms with Crippen molar-refractivity contribution in [2.24, 2.45) is 7.05 Å². The molecule has 4 nitrogen and oxygen atoms in total. The number of likely N-dealkylation sites (N-methyl/N-ethyl adjacent to an activating group) is 1. The standard InChI is InChI=1S/C12H17N3O/c1-13(2)8-9-15-11-7-5-4-6-10(11)14(3)12(15)16/h4-7H,8-9H2,1-3H3. The van der Waals surface area contributed by atoms with Crippen molar-refractivity contribution in [1.82, 2.24) is 14.0 Å². The molecule has 0 radical (unpaired) electrons. The molecule has 0 fully saturated rings. The molecule has 0 saturated heterocycles. The summed E-state index contributed by atoms with van der Waals surface area (Å²) in [5.41, 5.74) is 2.06. The SMILES string of the molecule is CN(C)CCn1c(=O)n(C)c2ccccc21. The lowest BCUT2D eigenvalue weighted by Gasteiger charge is -2.09. The zero-order valence-corrected chi connectivity index (χ0v) is 9.97. The van der Waals surface area contributed by atoms with Crippen LogP contribution in [0.15, 0.2) is 29.1 Å². The van der Waals surface area contributed by atoms with Crippen LogP contribution in [-0.4, -0.2) is 34.7 Å². The molecule has 0 saturated carbocycles. The van der Waals surface area contributed by atoms with E-state index in [1.54, 1.807) is 4.57 Å². The van der Waals surface area contributed by atoms with Gasteiger partial charge in [-0.3, -0.25) is 9.13 Å². The van der Waals surface area contributed by atoms with Crippen molar-refractivity contribution in [1.29, 1.82) is 0 Å². The molecule has 0 aliphatic carbocycles. The van der Waals surface area contributed by atoms with Gasteiger partial charge in [0, 0.05) is 20.1 Å². The summed E-state index contributed by atoms with van der Waals surface area (Å²) in [4.78, 5) is 14.1. The van der Waals surface area contributed by atoms with Gasteiger partial charge < -0.3 is 4.90 Å². The summed E-state index contributed by atoms with van der Waals surface area (Å²) >= 11 is 0. The predicted molar refractivity (Wildman–Crippen MR) is 65.7 cm³/mol. The van der Waals surface area contributed by atoms with E-state index < -0.39 is 0 Å². The van der Waals surface area contributed by atoms with Crippen LogP contribution in [-0.2, 0) is 13.6 Å². The molecule has 86 valence electrons. The molecule has 0 spiro atoms. The number of imidazole rings is 1. The van der Waals surface area contributed by atoms with Crippen molar-refractivity contribution in [2.45, 2.75) is 6.54 Å². The Balaban J connectivity index is 2.51. The smallest absolute Gasteiger partial charge is 0.308 e. The van der Waals surface area contributed by atoms with E-state index in [1.807, 2.05) is 50.0 Å². The molecule has 2 rings (SSSR count). The second kappa shape index (κ2) is 4.14. The number of aromatic nitrogens is 2. The molecule has 0 aliphatic rings. The molecule has 1 aromatic heterocycles. The third-order valence-electron chi connectivity index (χ3n) is 2.82. The minimum absolute atomic E-state index is 0.0584. The second-order valence-corrected chi connectivity index (χ2v) is 4.29. The van der Waals surface area contributed by atoms with E-state index in [9.17, 15) is 4.79 Å². The van der Waals surface area contributed by atoms with Crippen LogP contribution in [0.3, 0.4) is 0 Å². The van der Waals surface area contributed by atoms with Crippen molar-refractivity contribution in [2.75, 3.05) is 20.6 Å². The van der Waals surface area contributed by atoms with E-state index in [0.717, 1.165) is 24.1 Å². The Bertz CT molecular complexity index is 551. The first-order chi connectivity index (χ1) is 7.61. The summed E-state index contributed by atoms with van der Waals surface area (Å²) < 4.78 is 3.53. The summed E-state index contributed by atoms with van der Waals surface area (Å²) in [6.45, 7) is 1.60. The van der Waals surface area contributed by atoms with Crippen LogP contribution < -0.4 is 5.69 Å². The maximum Gasteiger partial charge on any atom is 0.328 e. The Hall–Kier alpha value is -1.55. The third kappa shape index (κ3) is 1.76. The number of aryl methyl sites for hydroxylation is 1. The molecule has 0 atom stereocenters. The van der Waals surface area contributed by atoms with Crippen molar-refractivity contribution in [3.05, 3.63) is 34.7 Å². The first kappa shape index (κ1) is 11.0. The third-order valence-corrected chi connectivity index (χ3v) is 2.82. The van der Waals surface area contributed by atoms with Crippen molar-refractivity contribution in [3.63, 3.8) is 0 Å². The topological polar surface area (TPSA) is 30.2 Å². The van der Waals surface area contributed by atoms with Gasteiger partial charge in [0.1, 0.15) is 0 Å². The number of nitrogens with zero attached hydrogens (tertiary/aromatic N) is 3. The molecule has 1 aromatic carbocycles. The molecule has 2 aromatic rings. The van der Waals surface area contributed by atoms with Gasteiger partial charge in [-0.25, -0.2) is 4.79 Å². The summed E-state index contributed by atoms with van der Waals surface area (Å²) in [6, 6.07) is 7.89. The van der Waals surface area contributed by atoms with Crippen LogP contribution in [0.1, 0.15) is 0 Å². The first-order valence-electron chi connectivity index (χ1n) is 5.40. The van der Waals surface area contributed by atoms with E-state index in [4.69, 9.17) is 0 Å². The van der Waals surface area contributed by atoms with Crippen molar-refractivity contribution >= 4 is 11.0 Å². The van der Waals surface area contributed by atoms with Gasteiger partial charge in [-0.2, -0.15) is 0 Å². The van der Waals surface area contributed by atoms with Crippen LogP contribution in [0.25, 0.3) is 11.0 Å². The molecule has 4 heteroatoms. The summed E-state index contributed by atoms with van der Waals surface area (Å²) in [6.07, 6.45) is 0. The Kier molecular flexibility index (Phi) is 2.83. The van der Waals surface area contributed by atoms with Gasteiger partial charge >= 0.3 is 5.69 Å². The Morgan fingerprint density at radius 1 is 1.19 bits per heavy atom. The van der Waals surface area contributed by atoms with Gasteiger partial charge in [-0.15, -0.1) is 0 Å². The zero-order chi connectivity index (χ0) is 11.7. The number of fused-ring (bicyclic) bond motifs is 1. The summed E-state index contributed by atoms with van der Waals surface area (Å²) in [5, 5.41) is 0. The number of hydrogen-bond donors (Lipinski definition) is 0. The Morgan fingerprint density at radius 2 is 1.81 bits per heavy atom. The van der Waals surface area contributed by atoms with E-state index in [1.165, 1.54) is 0 Å². The van der Waals surface area contributed by atoms with E-state index in [0.29, 0.717) is 0 Å². The summed E-state index contributed by atoms with van der Waals surface area (Å²) in [5.74, 6) is 0. The largest absolute Gasteiger partial charge is 0.328 e. The quantitative estimate of drug-likeness (QED) is 0.768. The fraction of sp³-hybridized carbons (Fsp3) is 0.417. The lowest BCUT2D eigenvalue weighted by atomic mass is 10.3. The maximum absolute atomic E-state index is 12.0. The monoisotopic (exact) mass is 219 g/mol. The molecule has 0 aliphatic heterocycles. The number of benzene rings is 1. The number of hydrogen-bond acceptors (Lipinski definition) is 2. The van der Waals surface area contributed by atoms with Crippen LogP contribution >= 0.6 is 0 Å². The predicted octanol–water partition coefficient (Wildman–Crippen LogP) is 0.902. The molecule has 1 heterocycles. The molecule has 0 unspecified atom stereocenters. The van der Waals surface area contributed by atoms with Gasteiger partial charge in [-0.05, 0) is 26.2 Å². The van der Waals surface area contributed by atoms with Crippen LogP contribution in [0.4, 0.5) is 0 Å². The van der Waals surface area contributed by atoms with E-state index in [2.05, 4.69) is 4.90 Å². The van der Waals surface area contributed by atoms with Gasteiger partial charge in [0.25, 0.3) is 0 Å². The highest BCUT2D eigenvalue weighted by molar-refractivity contribution is 5.75. The minimum atomic E-state index is 0.0584. The van der Waals surface area contributed by atoms with Crippen LogP contribution in [0.2, 0.25) is 0 Å². The van der Waals surface area contributed by atoms with Crippen LogP contribution in [0, 0.1) is 0 Å². The molecular formula is C12H17N3O. The van der Waals surface area contributed by atoms with Gasteiger partial charge in [-0.1, -0.05) is 12.1 Å². The minimum Gasteiger partial charge on any atom is -0.308 e. The molecular weight excluding hydrogens is 202 g/mol. The molecule has 0 amide bonds. The molecule has 16 heavy (non-hydrogen) atoms. The van der Waals surface area contributed by atoms with E-state index in [-0.39, 0.29) is 5.69 Å². The summed E-state index contributed by atoms with van der Waals surface area (Å²) in [7, 11) is 5.84. The highest BCUT2D eigenvalue weighted by Gasteiger charge is 2.09. The fourth-order valence-corrected chi connectivity index (χ4v) is 1.88. The van der Waals surface area contributed by atoms with Crippen LogP contribution in [0.5, 0.6) is 0 Å². The van der Waals surface area contributed by atoms with Crippen molar-refractivity contribution in [3.8, 4) is 0 Å². The zero-order valence-electron chi connectivity index (χ0n) is 9.97. The van der Waals surface area contributed by atoms with Gasteiger partial charge in [0.05, 0.1) is 11.0 Å². The highest BCUT2D eigenvalue weighted by Crippen LogP contribution is 2.10. The molecule has 0 N–H and O–H groups in total. The number of rotatable bonds is 3. The first-order valence-corrected chi connectivity index (χ1v) is 5.40. The van der Waals surface area contributed by atoms with E-state index >= 15 is 0 Å². The Morgan fingerprint density at radius 3 is 2.44 bits per heavy atom. The van der Waals surface area contributed by atoms with Gasteiger partial charge in [0.15, 0.2) is 0 Å². The second-order valence-electron chi connectivity index (χ2n) is 4.29. The lowest BCUT2D eigenvalue weighted by Crippen LogP contribution is -2.27. The fourth-order valence-electron chi connectivity index (χ4n) is 1.88. The number of para-hydroxylation sites is 2. The van der Waals surface area contributed by atoms with Crippen molar-refractivity contribution < 1.29 is 0 Å². The average molecular weight is 219 g/mol.